The van der Waals surface area contributed by atoms with Crippen molar-refractivity contribution >= 4 is 23.1 Å². The number of nitrogens with one attached hydrogen (secondary N) is 2. The standard InChI is InChI=1S/C29H28N4O3S/c1-18-13-20(16-30-15-18)19(2)32-21-8-9-24-27(14-21)37-26-7-3-5-22(28(26)36-24)25-17-33(11-12-35-25)23-6-4-10-31-29(23)34/h3-10,13-16,19,25,32H,11-12,17H2,1-2H3,(H,31,34). The van der Waals surface area contributed by atoms with Gasteiger partial charge < -0.3 is 24.7 Å². The average molecular weight is 513 g/mol. The highest BCUT2D eigenvalue weighted by molar-refractivity contribution is 7.99. The molecule has 0 radical (unpaired) electrons. The van der Waals surface area contributed by atoms with Crippen molar-refractivity contribution in [3.63, 3.8) is 0 Å². The van der Waals surface area contributed by atoms with E-state index in [9.17, 15) is 4.79 Å². The van der Waals surface area contributed by atoms with Crippen LogP contribution in [-0.2, 0) is 4.74 Å². The normalized spacial score (nSPS) is 17.4. The van der Waals surface area contributed by atoms with Gasteiger partial charge in [-0.05, 0) is 61.4 Å². The first-order valence-corrected chi connectivity index (χ1v) is 13.2. The van der Waals surface area contributed by atoms with Crippen molar-refractivity contribution in [2.45, 2.75) is 35.8 Å². The number of benzene rings is 2. The highest BCUT2D eigenvalue weighted by Crippen LogP contribution is 2.51. The maximum atomic E-state index is 12.3. The van der Waals surface area contributed by atoms with Crippen LogP contribution in [0.3, 0.4) is 0 Å². The molecule has 2 aliphatic heterocycles. The zero-order valence-corrected chi connectivity index (χ0v) is 21.5. The Hall–Kier alpha value is -3.75. The molecule has 1 saturated heterocycles. The largest absolute Gasteiger partial charge is 0.455 e. The van der Waals surface area contributed by atoms with Gasteiger partial charge in [-0.15, -0.1) is 0 Å². The Labute approximate surface area is 219 Å². The number of para-hydroxylation sites is 1. The minimum atomic E-state index is -0.199. The number of morpholine rings is 1. The van der Waals surface area contributed by atoms with Gasteiger partial charge in [0, 0.05) is 42.9 Å². The van der Waals surface area contributed by atoms with Gasteiger partial charge in [-0.1, -0.05) is 30.0 Å². The van der Waals surface area contributed by atoms with Gasteiger partial charge in [0.15, 0.2) is 0 Å². The van der Waals surface area contributed by atoms with Crippen molar-refractivity contribution in [2.24, 2.45) is 0 Å². The van der Waals surface area contributed by atoms with Crippen molar-refractivity contribution in [1.82, 2.24) is 9.97 Å². The van der Waals surface area contributed by atoms with E-state index in [4.69, 9.17) is 9.47 Å². The fourth-order valence-electron chi connectivity index (χ4n) is 4.83. The lowest BCUT2D eigenvalue weighted by Gasteiger charge is -2.35. The molecule has 0 bridgehead atoms. The summed E-state index contributed by atoms with van der Waals surface area (Å²) in [7, 11) is 0. The zero-order chi connectivity index (χ0) is 25.4. The summed E-state index contributed by atoms with van der Waals surface area (Å²) in [6.07, 6.45) is 5.23. The highest BCUT2D eigenvalue weighted by Gasteiger charge is 2.29. The molecule has 6 rings (SSSR count). The second-order valence-corrected chi connectivity index (χ2v) is 10.5. The Morgan fingerprint density at radius 3 is 2.92 bits per heavy atom. The van der Waals surface area contributed by atoms with E-state index >= 15 is 0 Å². The van der Waals surface area contributed by atoms with Crippen molar-refractivity contribution in [3.05, 3.63) is 100 Å². The van der Waals surface area contributed by atoms with Crippen LogP contribution in [0.15, 0.2) is 87.8 Å². The Kier molecular flexibility index (Phi) is 6.36. The molecule has 4 heterocycles. The fourth-order valence-corrected chi connectivity index (χ4v) is 5.86. The summed E-state index contributed by atoms with van der Waals surface area (Å²) in [6, 6.07) is 18.4. The first kappa shape index (κ1) is 23.6. The van der Waals surface area contributed by atoms with Crippen molar-refractivity contribution in [2.75, 3.05) is 29.9 Å². The third-order valence-corrected chi connectivity index (χ3v) is 7.80. The number of aryl methyl sites for hydroxylation is 1. The van der Waals surface area contributed by atoms with E-state index in [-0.39, 0.29) is 17.7 Å². The molecule has 2 atom stereocenters. The Morgan fingerprint density at radius 2 is 2.05 bits per heavy atom. The topological polar surface area (TPSA) is 79.5 Å². The molecule has 188 valence electrons. The molecule has 0 aliphatic carbocycles. The van der Waals surface area contributed by atoms with E-state index in [0.717, 1.165) is 43.7 Å². The third-order valence-electron chi connectivity index (χ3n) is 6.72. The maximum Gasteiger partial charge on any atom is 0.271 e. The number of hydrogen-bond donors (Lipinski definition) is 2. The summed E-state index contributed by atoms with van der Waals surface area (Å²) in [5.41, 5.74) is 4.90. The van der Waals surface area contributed by atoms with Crippen molar-refractivity contribution in [1.29, 1.82) is 0 Å². The summed E-state index contributed by atoms with van der Waals surface area (Å²) in [5, 5.41) is 3.59. The lowest BCUT2D eigenvalue weighted by molar-refractivity contribution is 0.0382. The number of fused-ring (bicyclic) bond motifs is 2. The monoisotopic (exact) mass is 512 g/mol. The first-order chi connectivity index (χ1) is 18.0. The third kappa shape index (κ3) is 4.82. The van der Waals surface area contributed by atoms with Gasteiger partial charge in [0.05, 0.1) is 22.4 Å². The zero-order valence-electron chi connectivity index (χ0n) is 20.7. The van der Waals surface area contributed by atoms with E-state index in [0.29, 0.717) is 25.4 Å². The lowest BCUT2D eigenvalue weighted by atomic mass is 10.1. The van der Waals surface area contributed by atoms with Crippen molar-refractivity contribution in [3.8, 4) is 11.5 Å². The number of pyridine rings is 2. The summed E-state index contributed by atoms with van der Waals surface area (Å²) in [6.45, 7) is 5.98. The number of anilines is 2. The van der Waals surface area contributed by atoms with Crippen LogP contribution in [0.1, 0.15) is 35.8 Å². The maximum absolute atomic E-state index is 12.3. The van der Waals surface area contributed by atoms with Gasteiger partial charge in [-0.2, -0.15) is 0 Å². The van der Waals surface area contributed by atoms with Crippen LogP contribution in [0, 0.1) is 6.92 Å². The van der Waals surface area contributed by atoms with Gasteiger partial charge >= 0.3 is 0 Å². The molecular formula is C29H28N4O3S. The van der Waals surface area contributed by atoms with Crippen LogP contribution in [0.4, 0.5) is 11.4 Å². The van der Waals surface area contributed by atoms with E-state index in [1.54, 1.807) is 18.0 Å². The highest BCUT2D eigenvalue weighted by atomic mass is 32.2. The van der Waals surface area contributed by atoms with E-state index in [1.165, 1.54) is 0 Å². The molecule has 1 fully saturated rings. The van der Waals surface area contributed by atoms with Gasteiger partial charge in [-0.3, -0.25) is 9.78 Å². The number of aromatic nitrogens is 2. The summed E-state index contributed by atoms with van der Waals surface area (Å²) < 4.78 is 12.6. The molecule has 0 spiro atoms. The molecule has 0 amide bonds. The van der Waals surface area contributed by atoms with E-state index < -0.39 is 0 Å². The van der Waals surface area contributed by atoms with Gasteiger partial charge in [-0.25, -0.2) is 0 Å². The number of rotatable bonds is 5. The smallest absolute Gasteiger partial charge is 0.271 e. The number of aromatic amines is 1. The summed E-state index contributed by atoms with van der Waals surface area (Å²) in [4.78, 5) is 23.6. The van der Waals surface area contributed by atoms with Gasteiger partial charge in [0.25, 0.3) is 5.56 Å². The quantitative estimate of drug-likeness (QED) is 0.295. The summed E-state index contributed by atoms with van der Waals surface area (Å²) in [5.74, 6) is 1.65. The SMILES string of the molecule is Cc1cncc(C(C)Nc2ccc3c(c2)Sc2cccc(C4CN(c5ccc[nH]c5=O)CCO4)c2O3)c1. The van der Waals surface area contributed by atoms with Crippen LogP contribution in [0.25, 0.3) is 0 Å². The van der Waals surface area contributed by atoms with Crippen molar-refractivity contribution < 1.29 is 9.47 Å². The molecule has 2 aromatic carbocycles. The molecule has 37 heavy (non-hydrogen) atoms. The van der Waals surface area contributed by atoms with Crippen LogP contribution >= 0.6 is 11.8 Å². The Morgan fingerprint density at radius 1 is 1.14 bits per heavy atom. The molecule has 2 aliphatic rings. The number of ether oxygens (including phenoxy) is 2. The van der Waals surface area contributed by atoms with Crippen LogP contribution in [0.2, 0.25) is 0 Å². The predicted octanol–water partition coefficient (Wildman–Crippen LogP) is 6.09. The second-order valence-electron chi connectivity index (χ2n) is 9.39. The number of nitrogens with zero attached hydrogens (tertiary/aromatic N) is 2. The fraction of sp³-hybridized carbons (Fsp3) is 0.241. The number of hydrogen-bond acceptors (Lipinski definition) is 7. The lowest BCUT2D eigenvalue weighted by Crippen LogP contribution is -2.41. The molecule has 0 saturated carbocycles. The predicted molar refractivity (Wildman–Crippen MR) is 146 cm³/mol. The Bertz CT molecular complexity index is 1500. The van der Waals surface area contributed by atoms with Gasteiger partial charge in [0.2, 0.25) is 0 Å². The molecule has 2 aromatic heterocycles. The molecular weight excluding hydrogens is 484 g/mol. The minimum absolute atomic E-state index is 0.0867. The molecule has 2 unspecified atom stereocenters. The van der Waals surface area contributed by atoms with E-state index in [1.807, 2.05) is 42.7 Å². The first-order valence-electron chi connectivity index (χ1n) is 12.4. The van der Waals surface area contributed by atoms with Crippen LogP contribution in [-0.4, -0.2) is 29.7 Å². The summed E-state index contributed by atoms with van der Waals surface area (Å²) >= 11 is 1.70. The van der Waals surface area contributed by atoms with Crippen LogP contribution < -0.4 is 20.5 Å². The van der Waals surface area contributed by atoms with Gasteiger partial charge in [0.1, 0.15) is 23.3 Å². The molecule has 8 heteroatoms. The van der Waals surface area contributed by atoms with Crippen LogP contribution in [0.5, 0.6) is 11.5 Å². The average Bonchev–Trinajstić information content (AvgIpc) is 2.92. The molecule has 2 N–H and O–H groups in total. The minimum Gasteiger partial charge on any atom is -0.455 e. The molecule has 4 aromatic rings. The Balaban J connectivity index is 1.22. The second kappa shape index (κ2) is 9.95. The molecule has 7 nitrogen and oxygen atoms in total. The van der Waals surface area contributed by atoms with E-state index in [2.05, 4.69) is 58.3 Å². The number of H-pyrrole nitrogens is 1.